The number of carbonyl (C=O) groups excluding carboxylic acids is 2. The number of halogens is 1. The maximum atomic E-state index is 14.2. The Morgan fingerprint density at radius 3 is 2.40 bits per heavy atom. The van der Waals surface area contributed by atoms with Crippen molar-refractivity contribution in [2.24, 2.45) is 11.3 Å². The molecule has 6 nitrogen and oxygen atoms in total. The van der Waals surface area contributed by atoms with Crippen LogP contribution in [-0.2, 0) is 29.1 Å². The van der Waals surface area contributed by atoms with Gasteiger partial charge in [-0.2, -0.15) is 0 Å². The highest BCUT2D eigenvalue weighted by molar-refractivity contribution is 5.98. The van der Waals surface area contributed by atoms with Crippen molar-refractivity contribution in [1.82, 2.24) is 4.90 Å². The number of rotatable bonds is 9. The summed E-state index contributed by atoms with van der Waals surface area (Å²) in [7, 11) is 0. The first-order valence-electron chi connectivity index (χ1n) is 14.1. The number of aliphatic carboxylic acids is 1. The second kappa shape index (κ2) is 10.5. The third kappa shape index (κ3) is 5.12. The highest BCUT2D eigenvalue weighted by Gasteiger charge is 2.50. The summed E-state index contributed by atoms with van der Waals surface area (Å²) in [6, 6.07) is 20.0. The largest absolute Gasteiger partial charge is 0.481 e. The summed E-state index contributed by atoms with van der Waals surface area (Å²) < 4.78 is 14.2. The van der Waals surface area contributed by atoms with Crippen molar-refractivity contribution in [1.29, 1.82) is 0 Å². The zero-order chi connectivity index (χ0) is 27.9. The van der Waals surface area contributed by atoms with Crippen LogP contribution in [0.3, 0.4) is 0 Å². The summed E-state index contributed by atoms with van der Waals surface area (Å²) in [5.74, 6) is -1.39. The molecule has 6 rings (SSSR count). The predicted octanol–water partition coefficient (Wildman–Crippen LogP) is 6.30. The van der Waals surface area contributed by atoms with Crippen LogP contribution >= 0.6 is 0 Å². The van der Waals surface area contributed by atoms with Crippen LogP contribution in [0.2, 0.25) is 0 Å². The van der Waals surface area contributed by atoms with Crippen LogP contribution in [0.1, 0.15) is 77.1 Å². The molecule has 40 heavy (non-hydrogen) atoms. The molecule has 0 saturated heterocycles. The van der Waals surface area contributed by atoms with Crippen LogP contribution in [0.15, 0.2) is 66.7 Å². The lowest BCUT2D eigenvalue weighted by Crippen LogP contribution is -2.27. The number of amides is 2. The van der Waals surface area contributed by atoms with Crippen molar-refractivity contribution < 1.29 is 23.9 Å². The monoisotopic (exact) mass is 540 g/mol. The van der Waals surface area contributed by atoms with E-state index in [0.29, 0.717) is 42.6 Å². The number of carboxylic acid groups (broad SMARTS) is 1. The lowest BCUT2D eigenvalue weighted by atomic mass is 9.83. The molecule has 1 heterocycles. The summed E-state index contributed by atoms with van der Waals surface area (Å²) >= 11 is 0. The van der Waals surface area contributed by atoms with E-state index in [9.17, 15) is 23.9 Å². The zero-order valence-corrected chi connectivity index (χ0v) is 22.4. The highest BCUT2D eigenvalue weighted by atomic mass is 19.1. The Morgan fingerprint density at radius 2 is 1.73 bits per heavy atom. The number of nitrogens with zero attached hydrogens (tertiary/aromatic N) is 1. The van der Waals surface area contributed by atoms with Gasteiger partial charge in [0.1, 0.15) is 5.82 Å². The molecular weight excluding hydrogens is 507 g/mol. The van der Waals surface area contributed by atoms with Crippen molar-refractivity contribution in [3.05, 3.63) is 100 Å². The fourth-order valence-corrected chi connectivity index (χ4v) is 6.45. The SMILES string of the molecule is O=C(Nc1cccc(CC2(C(=O)O)CC2)c1)[C@H](c1ccc(CN2Cc3c(F)cccc3C2=O)cc1)C1CCCC1. The first-order chi connectivity index (χ1) is 19.3. The van der Waals surface area contributed by atoms with Crippen LogP contribution in [0.5, 0.6) is 0 Å². The quantitative estimate of drug-likeness (QED) is 0.333. The first-order valence-corrected chi connectivity index (χ1v) is 14.1. The number of nitrogens with one attached hydrogen (secondary N) is 1. The normalized spacial score (nSPS) is 18.4. The minimum atomic E-state index is -0.752. The number of fused-ring (bicyclic) bond motifs is 1. The van der Waals surface area contributed by atoms with Crippen LogP contribution in [0.25, 0.3) is 0 Å². The van der Waals surface area contributed by atoms with Gasteiger partial charge in [-0.25, -0.2) is 4.39 Å². The van der Waals surface area contributed by atoms with Gasteiger partial charge >= 0.3 is 5.97 Å². The van der Waals surface area contributed by atoms with Gasteiger partial charge in [-0.1, -0.05) is 55.3 Å². The Morgan fingerprint density at radius 1 is 1.00 bits per heavy atom. The highest BCUT2D eigenvalue weighted by Crippen LogP contribution is 2.48. The molecule has 3 aromatic rings. The maximum absolute atomic E-state index is 14.2. The number of benzene rings is 3. The molecule has 0 bridgehead atoms. The van der Waals surface area contributed by atoms with Gasteiger partial charge in [0.15, 0.2) is 0 Å². The maximum Gasteiger partial charge on any atom is 0.309 e. The molecule has 2 N–H and O–H groups in total. The van der Waals surface area contributed by atoms with E-state index < -0.39 is 11.4 Å². The van der Waals surface area contributed by atoms with E-state index in [0.717, 1.165) is 42.4 Å². The molecule has 3 aromatic carbocycles. The number of carboxylic acids is 1. The minimum Gasteiger partial charge on any atom is -0.481 e. The van der Waals surface area contributed by atoms with E-state index in [-0.39, 0.29) is 36.0 Å². The Labute approximate surface area is 233 Å². The van der Waals surface area contributed by atoms with E-state index >= 15 is 0 Å². The van der Waals surface area contributed by atoms with E-state index in [1.54, 1.807) is 17.0 Å². The number of hydrogen-bond donors (Lipinski definition) is 2. The average molecular weight is 541 g/mol. The molecule has 1 aliphatic heterocycles. The summed E-state index contributed by atoms with van der Waals surface area (Å²) in [4.78, 5) is 39.8. The number of anilines is 1. The molecule has 1 atom stereocenters. The lowest BCUT2D eigenvalue weighted by molar-refractivity contribution is -0.143. The molecule has 0 aromatic heterocycles. The molecule has 206 valence electrons. The molecular formula is C33H33FN2O4. The molecule has 0 spiro atoms. The van der Waals surface area contributed by atoms with Gasteiger partial charge in [-0.05, 0) is 79.0 Å². The molecule has 0 radical (unpaired) electrons. The third-order valence-corrected chi connectivity index (χ3v) is 8.90. The van der Waals surface area contributed by atoms with E-state index in [2.05, 4.69) is 5.32 Å². The molecule has 2 fully saturated rings. The smallest absolute Gasteiger partial charge is 0.309 e. The van der Waals surface area contributed by atoms with Gasteiger partial charge in [-0.15, -0.1) is 0 Å². The minimum absolute atomic E-state index is 0.0585. The van der Waals surface area contributed by atoms with Crippen LogP contribution in [0.4, 0.5) is 10.1 Å². The van der Waals surface area contributed by atoms with Crippen LogP contribution in [-0.4, -0.2) is 27.8 Å². The lowest BCUT2D eigenvalue weighted by Gasteiger charge is -2.24. The molecule has 3 aliphatic rings. The average Bonchev–Trinajstić information content (AvgIpc) is 3.39. The standard InChI is InChI=1S/C33H33FN2O4/c34-28-10-4-9-26-27(28)20-36(31(26)38)19-21-11-13-24(14-12-21)29(23-6-1-2-7-23)30(37)35-25-8-3-5-22(17-25)18-33(15-16-33)32(39)40/h3-5,8-14,17,23,29H,1-2,6-7,15-16,18-20H2,(H,35,37)(H,39,40)/t29-/m0/s1. The predicted molar refractivity (Wildman–Crippen MR) is 149 cm³/mol. The summed E-state index contributed by atoms with van der Waals surface area (Å²) in [6.45, 7) is 0.625. The van der Waals surface area contributed by atoms with E-state index in [4.69, 9.17) is 0 Å². The van der Waals surface area contributed by atoms with Crippen LogP contribution < -0.4 is 5.32 Å². The molecule has 7 heteroatoms. The Bertz CT molecular complexity index is 1460. The second-order valence-corrected chi connectivity index (χ2v) is 11.6. The van der Waals surface area contributed by atoms with Gasteiger partial charge < -0.3 is 15.3 Å². The number of carbonyl (C=O) groups is 3. The number of hydrogen-bond acceptors (Lipinski definition) is 3. The Balaban J connectivity index is 1.16. The summed E-state index contributed by atoms with van der Waals surface area (Å²) in [6.07, 6.45) is 6.04. The Kier molecular flexibility index (Phi) is 6.90. The fourth-order valence-electron chi connectivity index (χ4n) is 6.45. The van der Waals surface area contributed by atoms with E-state index in [1.807, 2.05) is 48.5 Å². The second-order valence-electron chi connectivity index (χ2n) is 11.6. The molecule has 2 saturated carbocycles. The zero-order valence-electron chi connectivity index (χ0n) is 22.4. The molecule has 0 unspecified atom stereocenters. The van der Waals surface area contributed by atoms with Gasteiger partial charge in [0.25, 0.3) is 5.91 Å². The molecule has 2 amide bonds. The van der Waals surface area contributed by atoms with Gasteiger partial charge in [0.05, 0.1) is 17.9 Å². The topological polar surface area (TPSA) is 86.7 Å². The van der Waals surface area contributed by atoms with Gasteiger partial charge in [0, 0.05) is 23.4 Å². The fraction of sp³-hybridized carbons (Fsp3) is 0.364. The van der Waals surface area contributed by atoms with Crippen molar-refractivity contribution in [3.63, 3.8) is 0 Å². The van der Waals surface area contributed by atoms with Crippen molar-refractivity contribution in [3.8, 4) is 0 Å². The third-order valence-electron chi connectivity index (χ3n) is 8.90. The first kappa shape index (κ1) is 26.2. The summed E-state index contributed by atoms with van der Waals surface area (Å²) in [5, 5.41) is 12.7. The summed E-state index contributed by atoms with van der Waals surface area (Å²) in [5.41, 5.74) is 3.68. The van der Waals surface area contributed by atoms with Crippen molar-refractivity contribution >= 4 is 23.5 Å². The van der Waals surface area contributed by atoms with Gasteiger partial charge in [0.2, 0.25) is 5.91 Å². The van der Waals surface area contributed by atoms with Gasteiger partial charge in [-0.3, -0.25) is 14.4 Å². The van der Waals surface area contributed by atoms with Crippen molar-refractivity contribution in [2.45, 2.75) is 64.0 Å². The van der Waals surface area contributed by atoms with Crippen molar-refractivity contribution in [2.75, 3.05) is 5.32 Å². The van der Waals surface area contributed by atoms with Crippen LogP contribution in [0, 0.1) is 17.2 Å². The van der Waals surface area contributed by atoms with E-state index in [1.165, 1.54) is 6.07 Å². The molecule has 2 aliphatic carbocycles. The Hall–Kier alpha value is -4.00.